The molecule has 142 valence electrons. The summed E-state index contributed by atoms with van der Waals surface area (Å²) in [6.45, 7) is 4.30. The van der Waals surface area contributed by atoms with Crippen LogP contribution in [0.25, 0.3) is 0 Å². The molecule has 27 heavy (non-hydrogen) atoms. The smallest absolute Gasteiger partial charge is 0.143 e. The lowest BCUT2D eigenvalue weighted by Gasteiger charge is -2.24. The van der Waals surface area contributed by atoms with Crippen molar-refractivity contribution in [2.75, 3.05) is 31.6 Å². The van der Waals surface area contributed by atoms with Gasteiger partial charge in [-0.05, 0) is 62.4 Å². The molecule has 2 N–H and O–H groups in total. The van der Waals surface area contributed by atoms with E-state index in [4.69, 9.17) is 9.47 Å². The fourth-order valence-corrected chi connectivity index (χ4v) is 4.46. The van der Waals surface area contributed by atoms with Gasteiger partial charge in [-0.2, -0.15) is 0 Å². The van der Waals surface area contributed by atoms with Crippen LogP contribution in [0.5, 0.6) is 5.75 Å². The molecule has 3 aliphatic heterocycles. The van der Waals surface area contributed by atoms with Crippen molar-refractivity contribution in [2.45, 2.75) is 44.1 Å². The van der Waals surface area contributed by atoms with Gasteiger partial charge in [0.15, 0.2) is 0 Å². The van der Waals surface area contributed by atoms with Crippen molar-refractivity contribution in [1.82, 2.24) is 15.3 Å². The van der Waals surface area contributed by atoms with Crippen LogP contribution in [-0.2, 0) is 11.3 Å². The standard InChI is InChI=1S/C21H26N4O2/c1-2-19-18(11-16(1)14-3-7-22-8-4-14)25-21-17(12-27-19)20(23-13-24-21)15-5-9-26-10-6-15/h1-2,11,13-15,22H,3-10,12H2,(H,23,24,25). The zero-order chi connectivity index (χ0) is 18.1. The summed E-state index contributed by atoms with van der Waals surface area (Å²) in [6.07, 6.45) is 6.07. The Labute approximate surface area is 159 Å². The molecule has 4 heterocycles. The van der Waals surface area contributed by atoms with Crippen molar-refractivity contribution in [3.05, 3.63) is 41.3 Å². The lowest BCUT2D eigenvalue weighted by Crippen LogP contribution is -2.26. The van der Waals surface area contributed by atoms with Crippen molar-refractivity contribution in [2.24, 2.45) is 0 Å². The molecule has 0 aliphatic carbocycles. The molecule has 0 atom stereocenters. The van der Waals surface area contributed by atoms with E-state index in [9.17, 15) is 0 Å². The van der Waals surface area contributed by atoms with Crippen molar-refractivity contribution in [1.29, 1.82) is 0 Å². The first kappa shape index (κ1) is 17.0. The van der Waals surface area contributed by atoms with E-state index in [1.165, 1.54) is 18.4 Å². The number of hydrogen-bond acceptors (Lipinski definition) is 6. The Morgan fingerprint density at radius 1 is 0.963 bits per heavy atom. The molecular weight excluding hydrogens is 340 g/mol. The van der Waals surface area contributed by atoms with Gasteiger partial charge in [-0.1, -0.05) is 6.07 Å². The second-order valence-electron chi connectivity index (χ2n) is 7.67. The van der Waals surface area contributed by atoms with Crippen molar-refractivity contribution in [3.63, 3.8) is 0 Å². The number of nitrogens with zero attached hydrogens (tertiary/aromatic N) is 2. The Bertz CT molecular complexity index is 814. The fourth-order valence-electron chi connectivity index (χ4n) is 4.46. The van der Waals surface area contributed by atoms with Gasteiger partial charge in [0.2, 0.25) is 0 Å². The lowest BCUT2D eigenvalue weighted by molar-refractivity contribution is 0.0840. The van der Waals surface area contributed by atoms with E-state index in [2.05, 4.69) is 38.8 Å². The Morgan fingerprint density at radius 3 is 2.67 bits per heavy atom. The minimum Gasteiger partial charge on any atom is -0.487 e. The number of anilines is 2. The maximum atomic E-state index is 6.16. The molecule has 0 amide bonds. The highest BCUT2D eigenvalue weighted by molar-refractivity contribution is 5.69. The van der Waals surface area contributed by atoms with Crippen LogP contribution in [0.2, 0.25) is 0 Å². The summed E-state index contributed by atoms with van der Waals surface area (Å²) in [4.78, 5) is 9.15. The third-order valence-corrected chi connectivity index (χ3v) is 6.03. The van der Waals surface area contributed by atoms with E-state index in [0.717, 1.165) is 67.7 Å². The zero-order valence-corrected chi connectivity index (χ0v) is 15.5. The molecular formula is C21H26N4O2. The predicted octanol–water partition coefficient (Wildman–Crippen LogP) is 3.47. The summed E-state index contributed by atoms with van der Waals surface area (Å²) in [5, 5.41) is 6.98. The Morgan fingerprint density at radius 2 is 1.81 bits per heavy atom. The van der Waals surface area contributed by atoms with E-state index >= 15 is 0 Å². The van der Waals surface area contributed by atoms with Gasteiger partial charge in [0.05, 0.1) is 16.9 Å². The average Bonchev–Trinajstić information content (AvgIpc) is 2.93. The van der Waals surface area contributed by atoms with Gasteiger partial charge < -0.3 is 20.1 Å². The molecule has 3 aliphatic rings. The number of hydrogen-bond donors (Lipinski definition) is 2. The van der Waals surface area contributed by atoms with Gasteiger partial charge in [-0.15, -0.1) is 0 Å². The number of ether oxygens (including phenoxy) is 2. The number of fused-ring (bicyclic) bond motifs is 2. The van der Waals surface area contributed by atoms with E-state index in [1.54, 1.807) is 6.33 Å². The molecule has 0 bridgehead atoms. The van der Waals surface area contributed by atoms with Gasteiger partial charge in [0.1, 0.15) is 24.5 Å². The molecule has 1 aromatic heterocycles. The average molecular weight is 366 g/mol. The molecule has 2 fully saturated rings. The van der Waals surface area contributed by atoms with Gasteiger partial charge in [0, 0.05) is 19.1 Å². The largest absolute Gasteiger partial charge is 0.487 e. The predicted molar refractivity (Wildman–Crippen MR) is 104 cm³/mol. The Balaban J connectivity index is 1.45. The minimum atomic E-state index is 0.424. The van der Waals surface area contributed by atoms with Crippen molar-refractivity contribution in [3.8, 4) is 5.75 Å². The van der Waals surface area contributed by atoms with Crippen LogP contribution in [0.4, 0.5) is 11.5 Å². The van der Waals surface area contributed by atoms with Crippen molar-refractivity contribution < 1.29 is 9.47 Å². The summed E-state index contributed by atoms with van der Waals surface area (Å²) < 4.78 is 11.7. The first-order chi connectivity index (χ1) is 13.4. The van der Waals surface area contributed by atoms with E-state index in [1.807, 2.05) is 0 Å². The third-order valence-electron chi connectivity index (χ3n) is 6.03. The van der Waals surface area contributed by atoms with Crippen LogP contribution < -0.4 is 15.4 Å². The maximum Gasteiger partial charge on any atom is 0.143 e. The highest BCUT2D eigenvalue weighted by Crippen LogP contribution is 2.39. The first-order valence-corrected chi connectivity index (χ1v) is 10.0. The number of nitrogens with one attached hydrogen (secondary N) is 2. The van der Waals surface area contributed by atoms with E-state index in [-0.39, 0.29) is 0 Å². The summed E-state index contributed by atoms with van der Waals surface area (Å²) in [5.74, 6) is 2.81. The lowest BCUT2D eigenvalue weighted by atomic mass is 9.90. The van der Waals surface area contributed by atoms with Crippen LogP contribution in [0, 0.1) is 0 Å². The van der Waals surface area contributed by atoms with Gasteiger partial charge in [-0.25, -0.2) is 9.97 Å². The molecule has 0 spiro atoms. The molecule has 0 saturated carbocycles. The van der Waals surface area contributed by atoms with Gasteiger partial charge in [0.25, 0.3) is 0 Å². The Kier molecular flexibility index (Phi) is 4.67. The third kappa shape index (κ3) is 3.39. The molecule has 2 saturated heterocycles. The summed E-state index contributed by atoms with van der Waals surface area (Å²) in [5.41, 5.74) is 4.60. The van der Waals surface area contributed by atoms with Gasteiger partial charge in [-0.3, -0.25) is 0 Å². The number of rotatable bonds is 2. The minimum absolute atomic E-state index is 0.424. The highest BCUT2D eigenvalue weighted by Gasteiger charge is 2.26. The number of piperidine rings is 1. The van der Waals surface area contributed by atoms with E-state index < -0.39 is 0 Å². The summed E-state index contributed by atoms with van der Waals surface area (Å²) in [7, 11) is 0. The second kappa shape index (κ2) is 7.44. The SMILES string of the molecule is c1nc2c(c(C3CCOCC3)n1)COc1ccc(C3CCNCC3)cc1N2. The van der Waals surface area contributed by atoms with E-state index in [0.29, 0.717) is 18.4 Å². The van der Waals surface area contributed by atoms with Crippen LogP contribution in [0.15, 0.2) is 24.5 Å². The molecule has 2 aromatic rings. The normalized spacial score (nSPS) is 20.7. The fraction of sp³-hybridized carbons (Fsp3) is 0.524. The van der Waals surface area contributed by atoms with Gasteiger partial charge >= 0.3 is 0 Å². The monoisotopic (exact) mass is 366 g/mol. The number of aromatic nitrogens is 2. The topological polar surface area (TPSA) is 68.3 Å². The molecule has 0 unspecified atom stereocenters. The summed E-state index contributed by atoms with van der Waals surface area (Å²) in [6, 6.07) is 6.57. The molecule has 0 radical (unpaired) electrons. The van der Waals surface area contributed by atoms with Crippen LogP contribution in [-0.4, -0.2) is 36.3 Å². The van der Waals surface area contributed by atoms with Crippen LogP contribution in [0.3, 0.4) is 0 Å². The number of benzene rings is 1. The van der Waals surface area contributed by atoms with Crippen molar-refractivity contribution >= 4 is 11.5 Å². The second-order valence-corrected chi connectivity index (χ2v) is 7.67. The Hall–Kier alpha value is -2.18. The molecule has 6 heteroatoms. The highest BCUT2D eigenvalue weighted by atomic mass is 16.5. The first-order valence-electron chi connectivity index (χ1n) is 10.0. The molecule has 1 aromatic carbocycles. The quantitative estimate of drug-likeness (QED) is 0.848. The van der Waals surface area contributed by atoms with Crippen LogP contribution >= 0.6 is 0 Å². The molecule has 5 rings (SSSR count). The zero-order valence-electron chi connectivity index (χ0n) is 15.5. The summed E-state index contributed by atoms with van der Waals surface area (Å²) >= 11 is 0. The van der Waals surface area contributed by atoms with Crippen LogP contribution in [0.1, 0.15) is 54.3 Å². The maximum absolute atomic E-state index is 6.16. The molecule has 6 nitrogen and oxygen atoms in total.